The van der Waals surface area contributed by atoms with Crippen LogP contribution in [0.2, 0.25) is 0 Å². The van der Waals surface area contributed by atoms with E-state index < -0.39 is 5.97 Å². The molecule has 1 rings (SSSR count). The van der Waals surface area contributed by atoms with Gasteiger partial charge in [-0.05, 0) is 33.7 Å². The first-order valence-corrected chi connectivity index (χ1v) is 5.89. The third-order valence-electron chi connectivity index (χ3n) is 3.28. The van der Waals surface area contributed by atoms with Crippen LogP contribution >= 0.6 is 0 Å². The van der Waals surface area contributed by atoms with E-state index in [4.69, 9.17) is 9.84 Å². The summed E-state index contributed by atoms with van der Waals surface area (Å²) in [6.07, 6.45) is 1.96. The van der Waals surface area contributed by atoms with Crippen LogP contribution < -0.4 is 0 Å². The molecule has 0 aromatic carbocycles. The van der Waals surface area contributed by atoms with Gasteiger partial charge in [0.25, 0.3) is 0 Å². The summed E-state index contributed by atoms with van der Waals surface area (Å²) in [5.41, 5.74) is -0.0797. The molecule has 1 saturated heterocycles. The number of hydrogen-bond donors (Lipinski definition) is 1. The van der Waals surface area contributed by atoms with Gasteiger partial charge in [-0.25, -0.2) is 0 Å². The first-order chi connectivity index (χ1) is 7.32. The molecule has 1 heterocycles. The van der Waals surface area contributed by atoms with E-state index in [-0.39, 0.29) is 11.5 Å². The summed E-state index contributed by atoms with van der Waals surface area (Å²) >= 11 is 0. The Balaban J connectivity index is 2.47. The summed E-state index contributed by atoms with van der Waals surface area (Å²) in [4.78, 5) is 12.9. The van der Waals surface area contributed by atoms with Crippen molar-refractivity contribution >= 4 is 5.97 Å². The molecule has 4 heteroatoms. The summed E-state index contributed by atoms with van der Waals surface area (Å²) in [7, 11) is 2.01. The highest BCUT2D eigenvalue weighted by atomic mass is 16.5. The molecule has 0 aromatic rings. The van der Waals surface area contributed by atoms with E-state index in [1.165, 1.54) is 0 Å². The van der Waals surface area contributed by atoms with E-state index in [9.17, 15) is 4.79 Å². The van der Waals surface area contributed by atoms with Crippen LogP contribution in [0.3, 0.4) is 0 Å². The van der Waals surface area contributed by atoms with Crippen molar-refractivity contribution in [1.82, 2.24) is 4.90 Å². The normalized spacial score (nSPS) is 26.7. The Hall–Kier alpha value is -0.610. The fraction of sp³-hybridized carbons (Fsp3) is 0.917. The maximum Gasteiger partial charge on any atom is 0.307 e. The highest BCUT2D eigenvalue weighted by Crippen LogP contribution is 2.27. The first-order valence-electron chi connectivity index (χ1n) is 5.89. The summed E-state index contributed by atoms with van der Waals surface area (Å²) < 4.78 is 5.66. The maximum absolute atomic E-state index is 10.8. The summed E-state index contributed by atoms with van der Waals surface area (Å²) in [5, 5.41) is 8.88. The van der Waals surface area contributed by atoms with Crippen LogP contribution in [0, 0.1) is 5.92 Å². The SMILES string of the molecule is CC(CN(C)C1CCOC(C)(C)C1)C(=O)O. The molecule has 0 aromatic heterocycles. The van der Waals surface area contributed by atoms with Crippen molar-refractivity contribution in [2.45, 2.75) is 45.3 Å². The van der Waals surface area contributed by atoms with Gasteiger partial charge < -0.3 is 14.7 Å². The molecule has 2 atom stereocenters. The Morgan fingerprint density at radius 1 is 1.62 bits per heavy atom. The van der Waals surface area contributed by atoms with Crippen LogP contribution in [0.5, 0.6) is 0 Å². The summed E-state index contributed by atoms with van der Waals surface area (Å²) in [6.45, 7) is 7.31. The van der Waals surface area contributed by atoms with Crippen LogP contribution in [-0.4, -0.2) is 47.8 Å². The molecule has 2 unspecified atom stereocenters. The zero-order valence-corrected chi connectivity index (χ0v) is 10.7. The quantitative estimate of drug-likeness (QED) is 0.795. The molecule has 1 N–H and O–H groups in total. The van der Waals surface area contributed by atoms with E-state index >= 15 is 0 Å². The van der Waals surface area contributed by atoms with Gasteiger partial charge in [-0.3, -0.25) is 4.79 Å². The van der Waals surface area contributed by atoms with Gasteiger partial charge in [0.15, 0.2) is 0 Å². The van der Waals surface area contributed by atoms with Crippen LogP contribution in [0.15, 0.2) is 0 Å². The first kappa shape index (κ1) is 13.5. The lowest BCUT2D eigenvalue weighted by atomic mass is 9.92. The number of hydrogen-bond acceptors (Lipinski definition) is 3. The topological polar surface area (TPSA) is 49.8 Å². The average molecular weight is 229 g/mol. The second-order valence-corrected chi connectivity index (χ2v) is 5.43. The van der Waals surface area contributed by atoms with Crippen LogP contribution in [-0.2, 0) is 9.53 Å². The Morgan fingerprint density at radius 3 is 2.75 bits per heavy atom. The van der Waals surface area contributed by atoms with Crippen LogP contribution in [0.4, 0.5) is 0 Å². The molecule has 0 amide bonds. The van der Waals surface area contributed by atoms with Gasteiger partial charge in [0.1, 0.15) is 0 Å². The Morgan fingerprint density at radius 2 is 2.25 bits per heavy atom. The minimum atomic E-state index is -0.724. The fourth-order valence-corrected chi connectivity index (χ4v) is 2.24. The minimum absolute atomic E-state index is 0.0797. The van der Waals surface area contributed by atoms with Crippen molar-refractivity contribution in [1.29, 1.82) is 0 Å². The molecule has 94 valence electrons. The van der Waals surface area contributed by atoms with Crippen molar-refractivity contribution in [3.63, 3.8) is 0 Å². The van der Waals surface area contributed by atoms with Crippen LogP contribution in [0.25, 0.3) is 0 Å². The molecule has 0 radical (unpaired) electrons. The van der Waals surface area contributed by atoms with Crippen LogP contribution in [0.1, 0.15) is 33.6 Å². The molecule has 1 aliphatic rings. The third kappa shape index (κ3) is 3.76. The van der Waals surface area contributed by atoms with E-state index in [0.717, 1.165) is 19.4 Å². The van der Waals surface area contributed by atoms with Gasteiger partial charge in [0, 0.05) is 19.2 Å². The number of carbonyl (C=O) groups is 1. The summed E-state index contributed by atoms with van der Waals surface area (Å²) in [5.74, 6) is -1.03. The van der Waals surface area contributed by atoms with Gasteiger partial charge in [-0.15, -0.1) is 0 Å². The minimum Gasteiger partial charge on any atom is -0.481 e. The van der Waals surface area contributed by atoms with Crippen molar-refractivity contribution < 1.29 is 14.6 Å². The lowest BCUT2D eigenvalue weighted by molar-refractivity contribution is -0.142. The smallest absolute Gasteiger partial charge is 0.307 e. The van der Waals surface area contributed by atoms with E-state index in [2.05, 4.69) is 18.7 Å². The molecule has 0 saturated carbocycles. The number of carboxylic acids is 1. The predicted octanol–water partition coefficient (Wildman–Crippen LogP) is 1.60. The lowest BCUT2D eigenvalue weighted by Gasteiger charge is -2.40. The molecule has 0 bridgehead atoms. The van der Waals surface area contributed by atoms with Gasteiger partial charge in [-0.1, -0.05) is 6.92 Å². The zero-order chi connectivity index (χ0) is 12.3. The van der Waals surface area contributed by atoms with Crippen molar-refractivity contribution in [2.24, 2.45) is 5.92 Å². The van der Waals surface area contributed by atoms with Crippen molar-refractivity contribution in [3.8, 4) is 0 Å². The van der Waals surface area contributed by atoms with E-state index in [0.29, 0.717) is 12.6 Å². The van der Waals surface area contributed by atoms with E-state index in [1.54, 1.807) is 6.92 Å². The maximum atomic E-state index is 10.8. The predicted molar refractivity (Wildman–Crippen MR) is 62.5 cm³/mol. The van der Waals surface area contributed by atoms with Gasteiger partial charge in [0.2, 0.25) is 0 Å². The number of carboxylic acid groups (broad SMARTS) is 1. The standard InChI is InChI=1S/C12H23NO3/c1-9(11(14)15)8-13(4)10-5-6-16-12(2,3)7-10/h9-10H,5-8H2,1-4H3,(H,14,15). The highest BCUT2D eigenvalue weighted by molar-refractivity contribution is 5.69. The van der Waals surface area contributed by atoms with Crippen molar-refractivity contribution in [2.75, 3.05) is 20.2 Å². The zero-order valence-electron chi connectivity index (χ0n) is 10.7. The Kier molecular flexibility index (Phi) is 4.33. The number of nitrogens with zero attached hydrogens (tertiary/aromatic N) is 1. The summed E-state index contributed by atoms with van der Waals surface area (Å²) in [6, 6.07) is 0.436. The molecule has 4 nitrogen and oxygen atoms in total. The number of aliphatic carboxylic acids is 1. The molecule has 0 spiro atoms. The fourth-order valence-electron chi connectivity index (χ4n) is 2.24. The largest absolute Gasteiger partial charge is 0.481 e. The number of rotatable bonds is 4. The number of ether oxygens (including phenoxy) is 1. The molecular weight excluding hydrogens is 206 g/mol. The van der Waals surface area contributed by atoms with E-state index in [1.807, 2.05) is 7.05 Å². The third-order valence-corrected chi connectivity index (χ3v) is 3.28. The second kappa shape index (κ2) is 5.15. The molecule has 16 heavy (non-hydrogen) atoms. The van der Waals surface area contributed by atoms with Crippen molar-refractivity contribution in [3.05, 3.63) is 0 Å². The average Bonchev–Trinajstić information content (AvgIpc) is 2.15. The second-order valence-electron chi connectivity index (χ2n) is 5.43. The van der Waals surface area contributed by atoms with Gasteiger partial charge in [-0.2, -0.15) is 0 Å². The molecule has 1 fully saturated rings. The molecular formula is C12H23NO3. The molecule has 1 aliphatic heterocycles. The lowest BCUT2D eigenvalue weighted by Crippen LogP contribution is -2.46. The highest BCUT2D eigenvalue weighted by Gasteiger charge is 2.31. The van der Waals surface area contributed by atoms with Gasteiger partial charge in [0.05, 0.1) is 11.5 Å². The Labute approximate surface area is 97.6 Å². The molecule has 0 aliphatic carbocycles. The van der Waals surface area contributed by atoms with Gasteiger partial charge >= 0.3 is 5.97 Å². The Bertz CT molecular complexity index is 253. The monoisotopic (exact) mass is 229 g/mol.